The van der Waals surface area contributed by atoms with E-state index in [4.69, 9.17) is 0 Å². The molecule has 0 radical (unpaired) electrons. The monoisotopic (exact) mass is 349 g/mol. The van der Waals surface area contributed by atoms with Crippen molar-refractivity contribution in [3.63, 3.8) is 0 Å². The third kappa shape index (κ3) is 5.13. The van der Waals surface area contributed by atoms with E-state index in [1.54, 1.807) is 38.4 Å². The highest BCUT2D eigenvalue weighted by atomic mass is 32.1. The van der Waals surface area contributed by atoms with Gasteiger partial charge >= 0.3 is 0 Å². The van der Waals surface area contributed by atoms with E-state index in [0.29, 0.717) is 17.4 Å². The van der Waals surface area contributed by atoms with Gasteiger partial charge in [0.25, 0.3) is 0 Å². The van der Waals surface area contributed by atoms with Gasteiger partial charge in [0, 0.05) is 24.9 Å². The molecule has 0 saturated heterocycles. The number of aromatic nitrogens is 1. The van der Waals surface area contributed by atoms with Crippen molar-refractivity contribution in [2.24, 2.45) is 5.92 Å². The Morgan fingerprint density at radius 3 is 2.79 bits per heavy atom. The minimum atomic E-state index is -0.321. The van der Waals surface area contributed by atoms with Crippen molar-refractivity contribution < 1.29 is 14.0 Å². The van der Waals surface area contributed by atoms with Crippen LogP contribution < -0.4 is 5.32 Å². The van der Waals surface area contributed by atoms with E-state index in [1.807, 2.05) is 0 Å². The summed E-state index contributed by atoms with van der Waals surface area (Å²) in [5, 5.41) is 4.96. The summed E-state index contributed by atoms with van der Waals surface area (Å²) in [7, 11) is 1.67. The smallest absolute Gasteiger partial charge is 0.228 e. The zero-order valence-corrected chi connectivity index (χ0v) is 14.7. The molecular weight excluding hydrogens is 329 g/mol. The molecule has 0 spiro atoms. The molecule has 1 heterocycles. The van der Waals surface area contributed by atoms with Gasteiger partial charge in [0.1, 0.15) is 5.82 Å². The quantitative estimate of drug-likeness (QED) is 0.872. The maximum absolute atomic E-state index is 13.2. The summed E-state index contributed by atoms with van der Waals surface area (Å²) < 4.78 is 13.2. The van der Waals surface area contributed by atoms with Gasteiger partial charge in [-0.25, -0.2) is 9.37 Å². The number of hydrogen-bond donors (Lipinski definition) is 1. The SMILES string of the molecule is CC(C)C(=O)Nc1nc(CC(=O)N(C)Cc2cccc(F)c2)cs1. The minimum Gasteiger partial charge on any atom is -0.341 e. The third-order valence-corrected chi connectivity index (χ3v) is 4.18. The topological polar surface area (TPSA) is 62.3 Å². The first-order chi connectivity index (χ1) is 11.3. The fraction of sp³-hybridized carbons (Fsp3) is 0.353. The van der Waals surface area contributed by atoms with Gasteiger partial charge in [0.15, 0.2) is 5.13 Å². The van der Waals surface area contributed by atoms with E-state index in [1.165, 1.54) is 28.4 Å². The van der Waals surface area contributed by atoms with Crippen molar-refractivity contribution in [2.75, 3.05) is 12.4 Å². The van der Waals surface area contributed by atoms with Gasteiger partial charge in [-0.1, -0.05) is 26.0 Å². The summed E-state index contributed by atoms with van der Waals surface area (Å²) in [6.07, 6.45) is 0.139. The number of carbonyl (C=O) groups is 2. The maximum atomic E-state index is 13.2. The average Bonchev–Trinajstić information content (AvgIpc) is 2.94. The average molecular weight is 349 g/mol. The van der Waals surface area contributed by atoms with E-state index >= 15 is 0 Å². The Hall–Kier alpha value is -2.28. The van der Waals surface area contributed by atoms with Crippen LogP contribution in [0, 0.1) is 11.7 Å². The Balaban J connectivity index is 1.92. The van der Waals surface area contributed by atoms with Gasteiger partial charge in [-0.15, -0.1) is 11.3 Å². The predicted molar refractivity (Wildman–Crippen MR) is 92.2 cm³/mol. The molecule has 7 heteroatoms. The number of thiazole rings is 1. The Morgan fingerprint density at radius 1 is 1.38 bits per heavy atom. The van der Waals surface area contributed by atoms with Crippen LogP contribution in [0.1, 0.15) is 25.1 Å². The molecule has 0 unspecified atom stereocenters. The first-order valence-electron chi connectivity index (χ1n) is 7.59. The number of halogens is 1. The van der Waals surface area contributed by atoms with Gasteiger partial charge in [-0.3, -0.25) is 9.59 Å². The van der Waals surface area contributed by atoms with E-state index in [0.717, 1.165) is 5.56 Å². The molecule has 128 valence electrons. The zero-order chi connectivity index (χ0) is 17.7. The first kappa shape index (κ1) is 18.1. The Kier molecular flexibility index (Phi) is 6.03. The van der Waals surface area contributed by atoms with Crippen LogP contribution in [0.2, 0.25) is 0 Å². The van der Waals surface area contributed by atoms with Crippen LogP contribution in [0.3, 0.4) is 0 Å². The van der Waals surface area contributed by atoms with Crippen LogP contribution in [-0.2, 0) is 22.6 Å². The Labute approximate surface area is 144 Å². The molecule has 0 saturated carbocycles. The molecule has 2 aromatic rings. The first-order valence-corrected chi connectivity index (χ1v) is 8.47. The fourth-order valence-corrected chi connectivity index (χ4v) is 2.70. The van der Waals surface area contributed by atoms with E-state index < -0.39 is 0 Å². The Bertz CT molecular complexity index is 730. The van der Waals surface area contributed by atoms with Crippen LogP contribution >= 0.6 is 11.3 Å². The molecule has 0 aliphatic carbocycles. The number of benzene rings is 1. The van der Waals surface area contributed by atoms with Crippen LogP contribution in [0.4, 0.5) is 9.52 Å². The molecule has 0 atom stereocenters. The lowest BCUT2D eigenvalue weighted by Crippen LogP contribution is -2.27. The van der Waals surface area contributed by atoms with Crippen molar-refractivity contribution >= 4 is 28.3 Å². The molecule has 24 heavy (non-hydrogen) atoms. The highest BCUT2D eigenvalue weighted by Crippen LogP contribution is 2.17. The molecule has 1 aromatic heterocycles. The van der Waals surface area contributed by atoms with Gasteiger partial charge in [-0.2, -0.15) is 0 Å². The van der Waals surface area contributed by atoms with Gasteiger partial charge in [-0.05, 0) is 17.7 Å². The second-order valence-electron chi connectivity index (χ2n) is 5.84. The largest absolute Gasteiger partial charge is 0.341 e. The van der Waals surface area contributed by atoms with Gasteiger partial charge in [0.2, 0.25) is 11.8 Å². The molecule has 2 amide bonds. The molecule has 0 fully saturated rings. The lowest BCUT2D eigenvalue weighted by Gasteiger charge is -2.16. The molecule has 0 bridgehead atoms. The fourth-order valence-electron chi connectivity index (χ4n) is 1.98. The Morgan fingerprint density at radius 2 is 2.12 bits per heavy atom. The standard InChI is InChI=1S/C17H20FN3O2S/c1-11(2)16(23)20-17-19-14(10-24-17)8-15(22)21(3)9-12-5-4-6-13(18)7-12/h4-7,10-11H,8-9H2,1-3H3,(H,19,20,23). The highest BCUT2D eigenvalue weighted by Gasteiger charge is 2.14. The maximum Gasteiger partial charge on any atom is 0.228 e. The predicted octanol–water partition coefficient (Wildman–Crippen LogP) is 3.08. The van der Waals surface area contributed by atoms with Crippen molar-refractivity contribution in [2.45, 2.75) is 26.8 Å². The number of nitrogens with one attached hydrogen (secondary N) is 1. The van der Waals surface area contributed by atoms with Crippen LogP contribution in [0.25, 0.3) is 0 Å². The van der Waals surface area contributed by atoms with Crippen LogP contribution in [0.5, 0.6) is 0 Å². The number of amides is 2. The molecule has 2 rings (SSSR count). The van der Waals surface area contributed by atoms with Crippen molar-refractivity contribution in [3.8, 4) is 0 Å². The summed E-state index contributed by atoms with van der Waals surface area (Å²) in [4.78, 5) is 29.7. The third-order valence-electron chi connectivity index (χ3n) is 3.37. The normalized spacial score (nSPS) is 10.7. The highest BCUT2D eigenvalue weighted by molar-refractivity contribution is 7.13. The lowest BCUT2D eigenvalue weighted by molar-refractivity contribution is -0.129. The van der Waals surface area contributed by atoms with Crippen molar-refractivity contribution in [1.82, 2.24) is 9.88 Å². The van der Waals surface area contributed by atoms with E-state index in [9.17, 15) is 14.0 Å². The van der Waals surface area contributed by atoms with E-state index in [2.05, 4.69) is 10.3 Å². The van der Waals surface area contributed by atoms with E-state index in [-0.39, 0.29) is 30.0 Å². The number of hydrogen-bond acceptors (Lipinski definition) is 4. The molecular formula is C17H20FN3O2S. The molecule has 1 N–H and O–H groups in total. The van der Waals surface area contributed by atoms with Crippen molar-refractivity contribution in [3.05, 3.63) is 46.7 Å². The van der Waals surface area contributed by atoms with Crippen LogP contribution in [-0.4, -0.2) is 28.7 Å². The van der Waals surface area contributed by atoms with Crippen molar-refractivity contribution in [1.29, 1.82) is 0 Å². The second-order valence-corrected chi connectivity index (χ2v) is 6.70. The summed E-state index contributed by atoms with van der Waals surface area (Å²) in [5.41, 5.74) is 1.34. The number of anilines is 1. The molecule has 0 aliphatic heterocycles. The zero-order valence-electron chi connectivity index (χ0n) is 13.9. The molecule has 0 aliphatic rings. The summed E-state index contributed by atoms with van der Waals surface area (Å²) in [5.74, 6) is -0.675. The number of nitrogens with zero attached hydrogens (tertiary/aromatic N) is 2. The van der Waals surface area contributed by atoms with Gasteiger partial charge in [0.05, 0.1) is 12.1 Å². The lowest BCUT2D eigenvalue weighted by atomic mass is 10.2. The number of likely N-dealkylation sites (N-methyl/N-ethyl adjacent to an activating group) is 1. The summed E-state index contributed by atoms with van der Waals surface area (Å²) >= 11 is 1.29. The number of rotatable bonds is 6. The molecule has 1 aromatic carbocycles. The number of carbonyl (C=O) groups excluding carboxylic acids is 2. The second kappa shape index (κ2) is 8.01. The minimum absolute atomic E-state index is 0.106. The summed E-state index contributed by atoms with van der Waals surface area (Å²) in [6.45, 7) is 3.93. The van der Waals surface area contributed by atoms with Crippen LogP contribution in [0.15, 0.2) is 29.6 Å². The van der Waals surface area contributed by atoms with Gasteiger partial charge < -0.3 is 10.2 Å². The summed E-state index contributed by atoms with van der Waals surface area (Å²) in [6, 6.07) is 6.17. The molecule has 5 nitrogen and oxygen atoms in total.